The van der Waals surface area contributed by atoms with E-state index in [9.17, 15) is 4.79 Å². The van der Waals surface area contributed by atoms with Crippen molar-refractivity contribution in [3.63, 3.8) is 0 Å². The van der Waals surface area contributed by atoms with Gasteiger partial charge in [-0.25, -0.2) is 0 Å². The van der Waals surface area contributed by atoms with E-state index in [1.165, 1.54) is 12.7 Å². The normalized spacial score (nSPS) is 16.9. The van der Waals surface area contributed by atoms with Crippen molar-refractivity contribution in [1.29, 1.82) is 0 Å². The van der Waals surface area contributed by atoms with Gasteiger partial charge in [-0.2, -0.15) is 0 Å². The van der Waals surface area contributed by atoms with Gasteiger partial charge in [0, 0.05) is 6.54 Å². The monoisotopic (exact) mass is 277 g/mol. The van der Waals surface area contributed by atoms with Crippen LogP contribution in [0.2, 0.25) is 0 Å². The number of piperidine rings is 1. The first-order valence-corrected chi connectivity index (χ1v) is 7.25. The third-order valence-corrected chi connectivity index (χ3v) is 3.76. The van der Waals surface area contributed by atoms with Gasteiger partial charge in [-0.05, 0) is 50.6 Å². The molecule has 1 fully saturated rings. The summed E-state index contributed by atoms with van der Waals surface area (Å²) in [5, 5.41) is 0. The van der Waals surface area contributed by atoms with Crippen molar-refractivity contribution in [3.8, 4) is 5.75 Å². The Hall–Kier alpha value is -1.55. The number of methoxy groups -OCH3 is 1. The average Bonchev–Trinajstić information content (AvgIpc) is 2.49. The minimum atomic E-state index is -0.0642. The van der Waals surface area contributed by atoms with Gasteiger partial charge in [-0.15, -0.1) is 0 Å². The molecule has 0 spiro atoms. The fraction of sp³-hybridized carbons (Fsp3) is 0.562. The molecule has 0 radical (unpaired) electrons. The van der Waals surface area contributed by atoms with E-state index in [4.69, 9.17) is 9.47 Å². The van der Waals surface area contributed by atoms with Crippen LogP contribution >= 0.6 is 0 Å². The van der Waals surface area contributed by atoms with Gasteiger partial charge >= 0.3 is 5.97 Å². The minimum Gasteiger partial charge on any atom is -0.494 e. The number of likely N-dealkylation sites (tertiary alicyclic amines) is 1. The Labute approximate surface area is 120 Å². The molecule has 1 saturated heterocycles. The van der Waals surface area contributed by atoms with Crippen LogP contribution in [0.5, 0.6) is 5.75 Å². The van der Waals surface area contributed by atoms with Crippen molar-refractivity contribution in [2.24, 2.45) is 5.92 Å². The number of benzene rings is 1. The van der Waals surface area contributed by atoms with Crippen molar-refractivity contribution in [3.05, 3.63) is 29.8 Å². The van der Waals surface area contributed by atoms with Crippen LogP contribution < -0.4 is 4.74 Å². The molecule has 4 nitrogen and oxygen atoms in total. The molecular weight excluding hydrogens is 254 g/mol. The van der Waals surface area contributed by atoms with Crippen LogP contribution in [0.15, 0.2) is 24.3 Å². The average molecular weight is 277 g/mol. The summed E-state index contributed by atoms with van der Waals surface area (Å²) in [4.78, 5) is 13.9. The highest BCUT2D eigenvalue weighted by atomic mass is 16.5. The lowest BCUT2D eigenvalue weighted by Gasteiger charge is -2.30. The summed E-state index contributed by atoms with van der Waals surface area (Å²) in [6, 6.07) is 8.24. The van der Waals surface area contributed by atoms with Crippen LogP contribution in [0.1, 0.15) is 25.3 Å². The quantitative estimate of drug-likeness (QED) is 0.775. The topological polar surface area (TPSA) is 38.8 Å². The molecule has 1 aliphatic rings. The molecule has 2 rings (SSSR count). The van der Waals surface area contributed by atoms with Crippen molar-refractivity contribution >= 4 is 5.97 Å². The van der Waals surface area contributed by atoms with E-state index in [0.29, 0.717) is 6.61 Å². The fourth-order valence-electron chi connectivity index (χ4n) is 2.61. The molecule has 0 unspecified atom stereocenters. The summed E-state index contributed by atoms with van der Waals surface area (Å²) in [7, 11) is 1.47. The second-order valence-corrected chi connectivity index (χ2v) is 5.15. The van der Waals surface area contributed by atoms with Crippen LogP contribution in [-0.2, 0) is 16.1 Å². The Kier molecular flexibility index (Phi) is 5.41. The van der Waals surface area contributed by atoms with Crippen molar-refractivity contribution in [1.82, 2.24) is 4.90 Å². The minimum absolute atomic E-state index is 0.0642. The zero-order valence-corrected chi connectivity index (χ0v) is 12.3. The highest BCUT2D eigenvalue weighted by Gasteiger charge is 2.25. The molecule has 110 valence electrons. The van der Waals surface area contributed by atoms with Gasteiger partial charge in [0.1, 0.15) is 5.75 Å². The molecule has 0 N–H and O–H groups in total. The Morgan fingerprint density at radius 1 is 1.25 bits per heavy atom. The molecule has 0 saturated carbocycles. The maximum atomic E-state index is 11.5. The summed E-state index contributed by atoms with van der Waals surface area (Å²) >= 11 is 0. The number of ether oxygens (including phenoxy) is 2. The van der Waals surface area contributed by atoms with Crippen LogP contribution in [0.3, 0.4) is 0 Å². The summed E-state index contributed by atoms with van der Waals surface area (Å²) in [5.41, 5.74) is 1.28. The van der Waals surface area contributed by atoms with Gasteiger partial charge < -0.3 is 9.47 Å². The molecule has 4 heteroatoms. The molecule has 1 aliphatic heterocycles. The lowest BCUT2D eigenvalue weighted by molar-refractivity contribution is -0.147. The molecular formula is C16H23NO3. The van der Waals surface area contributed by atoms with Gasteiger partial charge in [0.25, 0.3) is 0 Å². The lowest BCUT2D eigenvalue weighted by atomic mass is 9.96. The Morgan fingerprint density at radius 2 is 1.90 bits per heavy atom. The van der Waals surface area contributed by atoms with E-state index in [1.807, 2.05) is 19.1 Å². The zero-order valence-electron chi connectivity index (χ0n) is 12.3. The Bertz CT molecular complexity index is 422. The summed E-state index contributed by atoms with van der Waals surface area (Å²) in [6.45, 7) is 5.51. The van der Waals surface area contributed by atoms with Crippen LogP contribution in [0.25, 0.3) is 0 Å². The highest BCUT2D eigenvalue weighted by Crippen LogP contribution is 2.21. The SMILES string of the molecule is CCOc1ccc(CN2CCC(C(=O)OC)CC2)cc1. The predicted octanol–water partition coefficient (Wildman–Crippen LogP) is 2.47. The van der Waals surface area contributed by atoms with Crippen molar-refractivity contribution in [2.75, 3.05) is 26.8 Å². The van der Waals surface area contributed by atoms with Crippen LogP contribution in [0.4, 0.5) is 0 Å². The molecule has 20 heavy (non-hydrogen) atoms. The van der Waals surface area contributed by atoms with Gasteiger partial charge in [-0.3, -0.25) is 9.69 Å². The third-order valence-electron chi connectivity index (χ3n) is 3.76. The van der Waals surface area contributed by atoms with Gasteiger partial charge in [0.05, 0.1) is 19.6 Å². The standard InChI is InChI=1S/C16H23NO3/c1-3-20-15-6-4-13(5-7-15)12-17-10-8-14(9-11-17)16(18)19-2/h4-7,14H,3,8-12H2,1-2H3. The maximum absolute atomic E-state index is 11.5. The predicted molar refractivity (Wildman–Crippen MR) is 77.6 cm³/mol. The molecule has 1 heterocycles. The van der Waals surface area contributed by atoms with E-state index in [2.05, 4.69) is 17.0 Å². The highest BCUT2D eigenvalue weighted by molar-refractivity contribution is 5.72. The second kappa shape index (κ2) is 7.29. The first-order chi connectivity index (χ1) is 9.72. The van der Waals surface area contributed by atoms with Crippen LogP contribution in [0, 0.1) is 5.92 Å². The molecule has 0 aromatic heterocycles. The molecule has 0 bridgehead atoms. The van der Waals surface area contributed by atoms with Crippen molar-refractivity contribution < 1.29 is 14.3 Å². The van der Waals surface area contributed by atoms with E-state index in [-0.39, 0.29) is 11.9 Å². The number of hydrogen-bond donors (Lipinski definition) is 0. The number of carbonyl (C=O) groups excluding carboxylic acids is 1. The molecule has 1 aromatic carbocycles. The van der Waals surface area contributed by atoms with E-state index in [0.717, 1.165) is 38.2 Å². The van der Waals surface area contributed by atoms with Crippen LogP contribution in [-0.4, -0.2) is 37.7 Å². The first kappa shape index (κ1) is 14.9. The maximum Gasteiger partial charge on any atom is 0.308 e. The first-order valence-electron chi connectivity index (χ1n) is 7.25. The van der Waals surface area contributed by atoms with Gasteiger partial charge in [0.15, 0.2) is 0 Å². The second-order valence-electron chi connectivity index (χ2n) is 5.15. The molecule has 0 amide bonds. The molecule has 1 aromatic rings. The molecule has 0 atom stereocenters. The number of hydrogen-bond acceptors (Lipinski definition) is 4. The zero-order chi connectivity index (χ0) is 14.4. The van der Waals surface area contributed by atoms with E-state index >= 15 is 0 Å². The third kappa shape index (κ3) is 3.97. The largest absolute Gasteiger partial charge is 0.494 e. The van der Waals surface area contributed by atoms with Crippen molar-refractivity contribution in [2.45, 2.75) is 26.3 Å². The summed E-state index contributed by atoms with van der Waals surface area (Å²) in [6.07, 6.45) is 1.79. The van der Waals surface area contributed by atoms with E-state index < -0.39 is 0 Å². The van der Waals surface area contributed by atoms with E-state index in [1.54, 1.807) is 0 Å². The Morgan fingerprint density at radius 3 is 2.45 bits per heavy atom. The number of esters is 1. The van der Waals surface area contributed by atoms with Gasteiger partial charge in [-0.1, -0.05) is 12.1 Å². The summed E-state index contributed by atoms with van der Waals surface area (Å²) in [5.74, 6) is 0.933. The molecule has 0 aliphatic carbocycles. The fourth-order valence-corrected chi connectivity index (χ4v) is 2.61. The number of rotatable bonds is 5. The number of nitrogens with zero attached hydrogens (tertiary/aromatic N) is 1. The number of carbonyl (C=O) groups is 1. The lowest BCUT2D eigenvalue weighted by Crippen LogP contribution is -2.36. The summed E-state index contributed by atoms with van der Waals surface area (Å²) < 4.78 is 10.2. The smallest absolute Gasteiger partial charge is 0.308 e. The Balaban J connectivity index is 1.81. The van der Waals surface area contributed by atoms with Gasteiger partial charge in [0.2, 0.25) is 0 Å².